The molecule has 4 aliphatic rings. The third-order valence-electron chi connectivity index (χ3n) is 9.55. The topological polar surface area (TPSA) is 40.5 Å². The van der Waals surface area contributed by atoms with Crippen LogP contribution in [0.1, 0.15) is 77.3 Å². The highest BCUT2D eigenvalue weighted by molar-refractivity contribution is 5.43. The van der Waals surface area contributed by atoms with E-state index in [9.17, 15) is 10.2 Å². The Morgan fingerprint density at radius 1 is 0.533 bits per heavy atom. The number of benzene rings is 2. The Kier molecular flexibility index (Phi) is 4.18. The van der Waals surface area contributed by atoms with Crippen LogP contribution in [0.3, 0.4) is 0 Å². The molecular weight excluding hydrogens is 368 g/mol. The zero-order chi connectivity index (χ0) is 21.4. The molecule has 2 nitrogen and oxygen atoms in total. The Morgan fingerprint density at radius 3 is 1.17 bits per heavy atom. The standard InChI is InChI=1S/C28H36O2/c1-19(2)25-13-26(20(3)4)16-27(14-25,21-5-9-23(29)10-6-21)18-28(15-25,17-26)22-7-11-24(30)12-8-22/h5-12,19-20,29-30H,13-18H2,1-4H3. The van der Waals surface area contributed by atoms with Gasteiger partial charge in [-0.1, -0.05) is 52.0 Å². The Bertz CT molecular complexity index is 846. The molecule has 2 N–H and O–H groups in total. The van der Waals surface area contributed by atoms with Gasteiger partial charge in [-0.3, -0.25) is 0 Å². The molecule has 4 aliphatic carbocycles. The highest BCUT2D eigenvalue weighted by Crippen LogP contribution is 2.77. The average molecular weight is 405 g/mol. The lowest BCUT2D eigenvalue weighted by Gasteiger charge is -2.73. The molecule has 4 saturated carbocycles. The predicted molar refractivity (Wildman–Crippen MR) is 122 cm³/mol. The van der Waals surface area contributed by atoms with Gasteiger partial charge in [-0.2, -0.15) is 0 Å². The van der Waals surface area contributed by atoms with Crippen molar-refractivity contribution in [2.75, 3.05) is 0 Å². The van der Waals surface area contributed by atoms with E-state index in [1.165, 1.54) is 49.7 Å². The van der Waals surface area contributed by atoms with Gasteiger partial charge in [0.05, 0.1) is 0 Å². The maximum absolute atomic E-state index is 9.95. The van der Waals surface area contributed by atoms with Crippen molar-refractivity contribution in [3.8, 4) is 11.5 Å². The van der Waals surface area contributed by atoms with E-state index >= 15 is 0 Å². The molecule has 4 bridgehead atoms. The molecule has 2 aromatic carbocycles. The smallest absolute Gasteiger partial charge is 0.115 e. The highest BCUT2D eigenvalue weighted by atomic mass is 16.3. The quantitative estimate of drug-likeness (QED) is 0.579. The van der Waals surface area contributed by atoms with Crippen molar-refractivity contribution < 1.29 is 10.2 Å². The first-order chi connectivity index (χ1) is 14.1. The van der Waals surface area contributed by atoms with Crippen molar-refractivity contribution in [2.45, 2.75) is 77.0 Å². The summed E-state index contributed by atoms with van der Waals surface area (Å²) in [6, 6.07) is 16.3. The minimum Gasteiger partial charge on any atom is -0.508 e. The fourth-order valence-corrected chi connectivity index (χ4v) is 8.26. The van der Waals surface area contributed by atoms with Crippen molar-refractivity contribution in [1.82, 2.24) is 0 Å². The molecule has 0 heterocycles. The van der Waals surface area contributed by atoms with E-state index in [2.05, 4.69) is 52.0 Å². The van der Waals surface area contributed by atoms with E-state index in [-0.39, 0.29) is 10.8 Å². The molecule has 30 heavy (non-hydrogen) atoms. The van der Waals surface area contributed by atoms with Gasteiger partial charge in [-0.05, 0) is 107 Å². The second kappa shape index (κ2) is 6.28. The van der Waals surface area contributed by atoms with Gasteiger partial charge < -0.3 is 10.2 Å². The van der Waals surface area contributed by atoms with Crippen LogP contribution in [-0.4, -0.2) is 10.2 Å². The summed E-state index contributed by atoms with van der Waals surface area (Å²) >= 11 is 0. The molecule has 0 atom stereocenters. The highest BCUT2D eigenvalue weighted by Gasteiger charge is 2.69. The second-order valence-corrected chi connectivity index (χ2v) is 11.7. The van der Waals surface area contributed by atoms with Crippen molar-refractivity contribution in [3.63, 3.8) is 0 Å². The van der Waals surface area contributed by atoms with Crippen LogP contribution in [0.2, 0.25) is 0 Å². The van der Waals surface area contributed by atoms with E-state index < -0.39 is 0 Å². The molecule has 0 amide bonds. The van der Waals surface area contributed by atoms with Crippen LogP contribution in [-0.2, 0) is 10.8 Å². The van der Waals surface area contributed by atoms with E-state index in [0.717, 1.165) is 0 Å². The van der Waals surface area contributed by atoms with Gasteiger partial charge in [0.25, 0.3) is 0 Å². The molecule has 160 valence electrons. The van der Waals surface area contributed by atoms with Gasteiger partial charge in [-0.15, -0.1) is 0 Å². The number of hydrogen-bond acceptors (Lipinski definition) is 2. The molecule has 6 rings (SSSR count). The predicted octanol–water partition coefficient (Wildman–Crippen LogP) is 6.94. The molecule has 0 aromatic heterocycles. The number of aromatic hydroxyl groups is 2. The minimum atomic E-state index is 0.162. The lowest BCUT2D eigenvalue weighted by atomic mass is 9.31. The number of phenolic OH excluding ortho intramolecular Hbond substituents is 2. The Balaban J connectivity index is 1.74. The van der Waals surface area contributed by atoms with E-state index in [1.807, 2.05) is 24.3 Å². The third kappa shape index (κ3) is 2.68. The Hall–Kier alpha value is -1.96. The maximum atomic E-state index is 9.95. The molecule has 0 aliphatic heterocycles. The van der Waals surface area contributed by atoms with Crippen LogP contribution in [0.25, 0.3) is 0 Å². The Labute approximate surface area is 181 Å². The molecule has 0 saturated heterocycles. The molecule has 0 spiro atoms. The van der Waals surface area contributed by atoms with Crippen molar-refractivity contribution in [3.05, 3.63) is 59.7 Å². The fraction of sp³-hybridized carbons (Fsp3) is 0.571. The van der Waals surface area contributed by atoms with E-state index in [1.54, 1.807) is 0 Å². The summed E-state index contributed by atoms with van der Waals surface area (Å²) in [5.41, 5.74) is 3.84. The van der Waals surface area contributed by atoms with Crippen LogP contribution >= 0.6 is 0 Å². The molecule has 2 aromatic rings. The van der Waals surface area contributed by atoms with Crippen LogP contribution < -0.4 is 0 Å². The number of hydrogen-bond donors (Lipinski definition) is 2. The summed E-state index contributed by atoms with van der Waals surface area (Å²) in [7, 11) is 0. The lowest BCUT2D eigenvalue weighted by Crippen LogP contribution is -2.66. The largest absolute Gasteiger partial charge is 0.508 e. The zero-order valence-electron chi connectivity index (χ0n) is 18.9. The van der Waals surface area contributed by atoms with E-state index in [4.69, 9.17) is 0 Å². The van der Waals surface area contributed by atoms with Crippen LogP contribution in [0.15, 0.2) is 48.5 Å². The summed E-state index contributed by atoms with van der Waals surface area (Å²) in [4.78, 5) is 0. The van der Waals surface area contributed by atoms with Gasteiger partial charge in [-0.25, -0.2) is 0 Å². The number of rotatable bonds is 4. The van der Waals surface area contributed by atoms with Gasteiger partial charge in [0.1, 0.15) is 11.5 Å². The fourth-order valence-electron chi connectivity index (χ4n) is 8.26. The average Bonchev–Trinajstić information content (AvgIpc) is 2.67. The first-order valence-electron chi connectivity index (χ1n) is 11.7. The zero-order valence-corrected chi connectivity index (χ0v) is 18.9. The van der Waals surface area contributed by atoms with E-state index in [0.29, 0.717) is 34.2 Å². The summed E-state index contributed by atoms with van der Waals surface area (Å²) in [6.07, 6.45) is 7.56. The molecule has 4 fully saturated rings. The first-order valence-corrected chi connectivity index (χ1v) is 11.7. The van der Waals surface area contributed by atoms with Crippen molar-refractivity contribution in [1.29, 1.82) is 0 Å². The normalized spacial score (nSPS) is 37.3. The number of phenols is 2. The van der Waals surface area contributed by atoms with Gasteiger partial charge >= 0.3 is 0 Å². The summed E-state index contributed by atoms with van der Waals surface area (Å²) in [6.45, 7) is 9.76. The summed E-state index contributed by atoms with van der Waals surface area (Å²) in [5.74, 6) is 2.00. The summed E-state index contributed by atoms with van der Waals surface area (Å²) in [5, 5.41) is 19.9. The van der Waals surface area contributed by atoms with Crippen molar-refractivity contribution >= 4 is 0 Å². The second-order valence-electron chi connectivity index (χ2n) is 11.7. The van der Waals surface area contributed by atoms with Gasteiger partial charge in [0.15, 0.2) is 0 Å². The van der Waals surface area contributed by atoms with Gasteiger partial charge in [0, 0.05) is 0 Å². The van der Waals surface area contributed by atoms with Crippen LogP contribution in [0.5, 0.6) is 11.5 Å². The lowest BCUT2D eigenvalue weighted by molar-refractivity contribution is -0.176. The summed E-state index contributed by atoms with van der Waals surface area (Å²) < 4.78 is 0. The minimum absolute atomic E-state index is 0.162. The maximum Gasteiger partial charge on any atom is 0.115 e. The molecule has 2 heteroatoms. The van der Waals surface area contributed by atoms with Crippen LogP contribution in [0.4, 0.5) is 0 Å². The van der Waals surface area contributed by atoms with Gasteiger partial charge in [0.2, 0.25) is 0 Å². The molecule has 0 unspecified atom stereocenters. The SMILES string of the molecule is CC(C)C12CC3(c4ccc(O)cc4)CC(c4ccc(O)cc4)(C1)CC(C(C)C)(C3)C2. The first kappa shape index (κ1) is 20.0. The molecule has 0 radical (unpaired) electrons. The van der Waals surface area contributed by atoms with Crippen LogP contribution in [0, 0.1) is 22.7 Å². The monoisotopic (exact) mass is 404 g/mol. The molecular formula is C28H36O2. The third-order valence-corrected chi connectivity index (χ3v) is 9.55. The van der Waals surface area contributed by atoms with Crippen molar-refractivity contribution in [2.24, 2.45) is 22.7 Å². The Morgan fingerprint density at radius 2 is 0.867 bits per heavy atom.